The van der Waals surface area contributed by atoms with E-state index in [0.717, 1.165) is 53.7 Å². The lowest BCUT2D eigenvalue weighted by atomic mass is 9.95. The Balaban J connectivity index is 1.47. The maximum absolute atomic E-state index is 13.4. The van der Waals surface area contributed by atoms with Crippen LogP contribution in [0.2, 0.25) is 0 Å². The van der Waals surface area contributed by atoms with Crippen molar-refractivity contribution in [3.05, 3.63) is 46.6 Å². The molecule has 2 fully saturated rings. The second-order valence-corrected chi connectivity index (χ2v) is 10.0. The molecule has 1 saturated heterocycles. The Morgan fingerprint density at radius 1 is 0.970 bits per heavy atom. The van der Waals surface area contributed by atoms with Crippen LogP contribution in [-0.2, 0) is 13.0 Å². The largest absolute Gasteiger partial charge is 0.356 e. The highest BCUT2D eigenvalue weighted by atomic mass is 16.2. The number of aryl methyl sites for hydroxylation is 1. The van der Waals surface area contributed by atoms with E-state index in [1.807, 2.05) is 36.1 Å². The number of amides is 1. The molecule has 2 aliphatic heterocycles. The van der Waals surface area contributed by atoms with Gasteiger partial charge < -0.3 is 14.7 Å². The Hall–Kier alpha value is -2.63. The zero-order valence-electron chi connectivity index (χ0n) is 20.2. The predicted octanol–water partition coefficient (Wildman–Crippen LogP) is 4.74. The van der Waals surface area contributed by atoms with Gasteiger partial charge in [-0.15, -0.1) is 0 Å². The first-order valence-electron chi connectivity index (χ1n) is 12.8. The summed E-state index contributed by atoms with van der Waals surface area (Å²) >= 11 is 0. The number of piperidine rings is 1. The van der Waals surface area contributed by atoms with Gasteiger partial charge in [0.15, 0.2) is 0 Å². The molecule has 6 heteroatoms. The number of benzene rings is 1. The smallest absolute Gasteiger partial charge is 0.254 e. The number of hydrogen-bond donors (Lipinski definition) is 0. The van der Waals surface area contributed by atoms with Gasteiger partial charge in [-0.2, -0.15) is 4.98 Å². The van der Waals surface area contributed by atoms with Crippen molar-refractivity contribution in [1.82, 2.24) is 14.9 Å². The van der Waals surface area contributed by atoms with E-state index in [1.165, 1.54) is 51.4 Å². The summed E-state index contributed by atoms with van der Waals surface area (Å²) in [4.78, 5) is 30.4. The number of carbonyl (C=O) groups is 1. The van der Waals surface area contributed by atoms with E-state index in [1.54, 1.807) is 0 Å². The molecule has 2 aromatic rings. The molecule has 1 aromatic heterocycles. The van der Waals surface area contributed by atoms with Gasteiger partial charge in [0.25, 0.3) is 5.91 Å². The second-order valence-electron chi connectivity index (χ2n) is 10.0. The molecule has 0 unspecified atom stereocenters. The van der Waals surface area contributed by atoms with Gasteiger partial charge in [0.05, 0.1) is 12.2 Å². The van der Waals surface area contributed by atoms with Gasteiger partial charge in [-0.25, -0.2) is 4.98 Å². The summed E-state index contributed by atoms with van der Waals surface area (Å²) in [6.07, 6.45) is 10.9. The Bertz CT molecular complexity index is 994. The summed E-state index contributed by atoms with van der Waals surface area (Å²) in [5, 5.41) is 0. The van der Waals surface area contributed by atoms with Crippen molar-refractivity contribution < 1.29 is 4.79 Å². The van der Waals surface area contributed by atoms with E-state index in [0.29, 0.717) is 19.1 Å². The van der Waals surface area contributed by atoms with Crippen molar-refractivity contribution in [3.8, 4) is 0 Å². The molecular weight excluding hydrogens is 410 g/mol. The zero-order valence-corrected chi connectivity index (χ0v) is 20.2. The van der Waals surface area contributed by atoms with Crippen LogP contribution >= 0.6 is 0 Å². The van der Waals surface area contributed by atoms with Crippen molar-refractivity contribution >= 4 is 17.7 Å². The first-order valence-corrected chi connectivity index (χ1v) is 12.8. The summed E-state index contributed by atoms with van der Waals surface area (Å²) in [5.74, 6) is 2.06. The number of carbonyl (C=O) groups excluding carboxylic acids is 1. The van der Waals surface area contributed by atoms with E-state index in [2.05, 4.69) is 16.8 Å². The Morgan fingerprint density at radius 2 is 1.70 bits per heavy atom. The van der Waals surface area contributed by atoms with Crippen molar-refractivity contribution in [2.24, 2.45) is 0 Å². The molecule has 0 atom stereocenters. The number of aromatic nitrogens is 2. The standard InChI is InChI=1S/C27H37N5O/c1-20-11-7-8-14-22(20)26(33)32-18-15-24-23(19-32)25(31-16-9-4-10-17-31)29-27(28-24)30(2)21-12-5-3-6-13-21/h7-8,11,14,21H,3-6,9-10,12-13,15-19H2,1-2H3. The highest BCUT2D eigenvalue weighted by Crippen LogP contribution is 2.33. The molecule has 1 amide bonds. The van der Waals surface area contributed by atoms with Crippen LogP contribution < -0.4 is 9.80 Å². The maximum atomic E-state index is 13.4. The Morgan fingerprint density at radius 3 is 2.45 bits per heavy atom. The molecule has 176 valence electrons. The van der Waals surface area contributed by atoms with Gasteiger partial charge in [0.2, 0.25) is 5.95 Å². The molecule has 0 spiro atoms. The van der Waals surface area contributed by atoms with Crippen LogP contribution in [0.5, 0.6) is 0 Å². The van der Waals surface area contributed by atoms with Crippen LogP contribution in [0.25, 0.3) is 0 Å². The molecule has 0 N–H and O–H groups in total. The fourth-order valence-corrected chi connectivity index (χ4v) is 5.70. The normalized spacial score (nSPS) is 19.3. The summed E-state index contributed by atoms with van der Waals surface area (Å²) in [6.45, 7) is 5.41. The third-order valence-corrected chi connectivity index (χ3v) is 7.78. The first kappa shape index (κ1) is 22.2. The van der Waals surface area contributed by atoms with Gasteiger partial charge in [0, 0.05) is 50.3 Å². The molecule has 6 nitrogen and oxygen atoms in total. The van der Waals surface area contributed by atoms with E-state index in [9.17, 15) is 4.79 Å². The Labute approximate surface area is 198 Å². The third kappa shape index (κ3) is 4.57. The quantitative estimate of drug-likeness (QED) is 0.677. The van der Waals surface area contributed by atoms with Crippen LogP contribution in [0.1, 0.15) is 78.5 Å². The van der Waals surface area contributed by atoms with Crippen LogP contribution in [0.4, 0.5) is 11.8 Å². The maximum Gasteiger partial charge on any atom is 0.254 e. The fraction of sp³-hybridized carbons (Fsp3) is 0.593. The van der Waals surface area contributed by atoms with Gasteiger partial charge >= 0.3 is 0 Å². The topological polar surface area (TPSA) is 52.6 Å². The third-order valence-electron chi connectivity index (χ3n) is 7.78. The minimum atomic E-state index is 0.117. The van der Waals surface area contributed by atoms with Gasteiger partial charge in [-0.3, -0.25) is 4.79 Å². The lowest BCUT2D eigenvalue weighted by molar-refractivity contribution is 0.0733. The predicted molar refractivity (Wildman–Crippen MR) is 133 cm³/mol. The van der Waals surface area contributed by atoms with Gasteiger partial charge in [-0.1, -0.05) is 37.5 Å². The molecule has 33 heavy (non-hydrogen) atoms. The first-order chi connectivity index (χ1) is 16.1. The van der Waals surface area contributed by atoms with Crippen molar-refractivity contribution in [3.63, 3.8) is 0 Å². The SMILES string of the molecule is Cc1ccccc1C(=O)N1CCc2nc(N(C)C3CCCCC3)nc(N3CCCCC3)c2C1. The van der Waals surface area contributed by atoms with Crippen molar-refractivity contribution in [2.75, 3.05) is 36.5 Å². The molecule has 5 rings (SSSR count). The van der Waals surface area contributed by atoms with Gasteiger partial charge in [-0.05, 0) is 50.7 Å². The van der Waals surface area contributed by atoms with E-state index in [-0.39, 0.29) is 5.91 Å². The molecule has 1 aliphatic carbocycles. The average Bonchev–Trinajstić information content (AvgIpc) is 2.88. The summed E-state index contributed by atoms with van der Waals surface area (Å²) < 4.78 is 0. The monoisotopic (exact) mass is 447 g/mol. The fourth-order valence-electron chi connectivity index (χ4n) is 5.70. The number of hydrogen-bond acceptors (Lipinski definition) is 5. The zero-order chi connectivity index (χ0) is 22.8. The van der Waals surface area contributed by atoms with Crippen LogP contribution in [0.15, 0.2) is 24.3 Å². The van der Waals surface area contributed by atoms with Crippen LogP contribution in [0, 0.1) is 6.92 Å². The second kappa shape index (κ2) is 9.70. The number of nitrogens with zero attached hydrogens (tertiary/aromatic N) is 5. The lowest BCUT2D eigenvalue weighted by Gasteiger charge is -2.37. The molecule has 0 radical (unpaired) electrons. The number of fused-ring (bicyclic) bond motifs is 1. The molecule has 1 saturated carbocycles. The van der Waals surface area contributed by atoms with E-state index < -0.39 is 0 Å². The molecular formula is C27H37N5O. The Kier molecular flexibility index (Phi) is 6.52. The van der Waals surface area contributed by atoms with E-state index in [4.69, 9.17) is 9.97 Å². The number of anilines is 2. The van der Waals surface area contributed by atoms with Crippen molar-refractivity contribution in [2.45, 2.75) is 77.3 Å². The highest BCUT2D eigenvalue weighted by Gasteiger charge is 2.30. The summed E-state index contributed by atoms with van der Waals surface area (Å²) in [5.41, 5.74) is 4.13. The minimum absolute atomic E-state index is 0.117. The lowest BCUT2D eigenvalue weighted by Crippen LogP contribution is -2.40. The summed E-state index contributed by atoms with van der Waals surface area (Å²) in [7, 11) is 2.18. The minimum Gasteiger partial charge on any atom is -0.356 e. The highest BCUT2D eigenvalue weighted by molar-refractivity contribution is 5.95. The average molecular weight is 448 g/mol. The van der Waals surface area contributed by atoms with Crippen LogP contribution in [-0.4, -0.2) is 53.5 Å². The molecule has 1 aromatic carbocycles. The van der Waals surface area contributed by atoms with Crippen LogP contribution in [0.3, 0.4) is 0 Å². The van der Waals surface area contributed by atoms with E-state index >= 15 is 0 Å². The summed E-state index contributed by atoms with van der Waals surface area (Å²) in [6, 6.07) is 8.43. The number of rotatable bonds is 4. The molecule has 3 aliphatic rings. The van der Waals surface area contributed by atoms with Gasteiger partial charge in [0.1, 0.15) is 5.82 Å². The molecule has 3 heterocycles. The van der Waals surface area contributed by atoms with Crippen molar-refractivity contribution in [1.29, 1.82) is 0 Å². The molecule has 0 bridgehead atoms.